The van der Waals surface area contributed by atoms with Crippen molar-refractivity contribution in [1.82, 2.24) is 4.98 Å². The van der Waals surface area contributed by atoms with Crippen LogP contribution < -0.4 is 10.1 Å². The zero-order valence-electron chi connectivity index (χ0n) is 18.2. The Bertz CT molecular complexity index is 1010. The molecule has 6 nitrogen and oxygen atoms in total. The fourth-order valence-corrected chi connectivity index (χ4v) is 3.89. The Kier molecular flexibility index (Phi) is 6.88. The van der Waals surface area contributed by atoms with Crippen LogP contribution in [0.2, 0.25) is 0 Å². The van der Waals surface area contributed by atoms with Crippen molar-refractivity contribution in [3.63, 3.8) is 0 Å². The first-order valence-corrected chi connectivity index (χ1v) is 10.3. The minimum absolute atomic E-state index is 0.175. The van der Waals surface area contributed by atoms with Gasteiger partial charge in [0.05, 0.1) is 5.60 Å². The number of halogens is 3. The maximum atomic E-state index is 13.7. The molecule has 172 valence electrons. The topological polar surface area (TPSA) is 77.5 Å². The molecule has 1 aromatic heterocycles. The molecule has 0 aliphatic carbocycles. The first kappa shape index (κ1) is 23.7. The highest BCUT2D eigenvalue weighted by Gasteiger charge is 2.51. The third-order valence-corrected chi connectivity index (χ3v) is 5.84. The number of anilines is 1. The van der Waals surface area contributed by atoms with Gasteiger partial charge < -0.3 is 14.8 Å². The third kappa shape index (κ3) is 4.93. The van der Waals surface area contributed by atoms with Gasteiger partial charge in [-0.15, -0.1) is 0 Å². The summed E-state index contributed by atoms with van der Waals surface area (Å²) >= 11 is 0. The Morgan fingerprint density at radius 3 is 2.62 bits per heavy atom. The molecule has 3 rings (SSSR count). The predicted molar refractivity (Wildman–Crippen MR) is 111 cm³/mol. The van der Waals surface area contributed by atoms with Gasteiger partial charge >= 0.3 is 6.61 Å². The second-order valence-electron chi connectivity index (χ2n) is 8.21. The summed E-state index contributed by atoms with van der Waals surface area (Å²) in [4.78, 5) is 29.1. The van der Waals surface area contributed by atoms with Gasteiger partial charge in [-0.1, -0.05) is 19.9 Å². The normalized spacial score (nSPS) is 22.1. The largest absolute Gasteiger partial charge is 0.434 e. The molecule has 1 aromatic carbocycles. The van der Waals surface area contributed by atoms with Crippen LogP contribution in [0.15, 0.2) is 36.5 Å². The predicted octanol–water partition coefficient (Wildman–Crippen LogP) is 4.95. The van der Waals surface area contributed by atoms with Crippen molar-refractivity contribution >= 4 is 17.4 Å². The SMILES string of the molecule is CCC(=O)c1cc(NC(=O)[C@@H]2OC(C)(C)[C@@H](C)[C@H]2c2ccc(F)cc2OC(F)F)ccn1. The number of alkyl halides is 2. The van der Waals surface area contributed by atoms with Crippen LogP contribution >= 0.6 is 0 Å². The fourth-order valence-electron chi connectivity index (χ4n) is 3.89. The third-order valence-electron chi connectivity index (χ3n) is 5.84. The molecule has 3 atom stereocenters. The lowest BCUT2D eigenvalue weighted by molar-refractivity contribution is -0.131. The van der Waals surface area contributed by atoms with E-state index in [4.69, 9.17) is 4.74 Å². The van der Waals surface area contributed by atoms with E-state index in [2.05, 4.69) is 15.0 Å². The summed E-state index contributed by atoms with van der Waals surface area (Å²) in [6, 6.07) is 6.34. The highest BCUT2D eigenvalue weighted by Crippen LogP contribution is 2.48. The molecule has 1 aliphatic heterocycles. The molecule has 0 unspecified atom stereocenters. The Balaban J connectivity index is 1.95. The Labute approximate surface area is 184 Å². The van der Waals surface area contributed by atoms with E-state index in [0.717, 1.165) is 12.1 Å². The average Bonchev–Trinajstić information content (AvgIpc) is 2.97. The van der Waals surface area contributed by atoms with Gasteiger partial charge in [0.25, 0.3) is 5.91 Å². The molecule has 0 bridgehead atoms. The number of aromatic nitrogens is 1. The number of pyridine rings is 1. The van der Waals surface area contributed by atoms with Crippen molar-refractivity contribution in [3.8, 4) is 5.75 Å². The Morgan fingerprint density at radius 2 is 1.97 bits per heavy atom. The van der Waals surface area contributed by atoms with Gasteiger partial charge in [0.2, 0.25) is 0 Å². The van der Waals surface area contributed by atoms with Crippen LogP contribution in [0.3, 0.4) is 0 Å². The molecule has 1 saturated heterocycles. The molecule has 2 heterocycles. The van der Waals surface area contributed by atoms with Gasteiger partial charge in [0.1, 0.15) is 23.4 Å². The lowest BCUT2D eigenvalue weighted by Crippen LogP contribution is -2.33. The number of carbonyl (C=O) groups excluding carboxylic acids is 2. The van der Waals surface area contributed by atoms with E-state index >= 15 is 0 Å². The van der Waals surface area contributed by atoms with Gasteiger partial charge in [0.15, 0.2) is 5.78 Å². The van der Waals surface area contributed by atoms with Gasteiger partial charge in [-0.3, -0.25) is 14.6 Å². The monoisotopic (exact) mass is 450 g/mol. The van der Waals surface area contributed by atoms with E-state index in [-0.39, 0.29) is 35.1 Å². The Morgan fingerprint density at radius 1 is 1.25 bits per heavy atom. The summed E-state index contributed by atoms with van der Waals surface area (Å²) in [6.07, 6.45) is 0.609. The fraction of sp³-hybridized carbons (Fsp3) is 0.435. The number of Topliss-reactive ketones (excluding diaryl/α,β-unsaturated/α-hetero) is 1. The number of nitrogens with one attached hydrogen (secondary N) is 1. The van der Waals surface area contributed by atoms with Crippen LogP contribution in [0.4, 0.5) is 18.9 Å². The minimum atomic E-state index is -3.15. The van der Waals surface area contributed by atoms with E-state index in [1.165, 1.54) is 24.4 Å². The van der Waals surface area contributed by atoms with Crippen LogP contribution in [0.5, 0.6) is 5.75 Å². The summed E-state index contributed by atoms with van der Waals surface area (Å²) in [7, 11) is 0. The highest BCUT2D eigenvalue weighted by atomic mass is 19.3. The van der Waals surface area contributed by atoms with Crippen LogP contribution in [0, 0.1) is 11.7 Å². The van der Waals surface area contributed by atoms with Crippen LogP contribution in [0.25, 0.3) is 0 Å². The molecular formula is C23H25F3N2O4. The molecule has 0 radical (unpaired) electrons. The van der Waals surface area contributed by atoms with Crippen molar-refractivity contribution in [3.05, 3.63) is 53.6 Å². The number of amides is 1. The molecule has 32 heavy (non-hydrogen) atoms. The molecule has 0 saturated carbocycles. The number of ketones is 1. The van der Waals surface area contributed by atoms with Crippen molar-refractivity contribution in [2.24, 2.45) is 5.92 Å². The summed E-state index contributed by atoms with van der Waals surface area (Å²) < 4.78 is 50.2. The van der Waals surface area contributed by atoms with E-state index in [1.807, 2.05) is 6.92 Å². The molecule has 1 amide bonds. The van der Waals surface area contributed by atoms with Crippen molar-refractivity contribution in [2.45, 2.75) is 58.4 Å². The number of nitrogens with zero attached hydrogens (tertiary/aromatic N) is 1. The zero-order valence-corrected chi connectivity index (χ0v) is 18.2. The average molecular weight is 450 g/mol. The molecule has 0 spiro atoms. The van der Waals surface area contributed by atoms with Crippen LogP contribution in [-0.4, -0.2) is 35.0 Å². The van der Waals surface area contributed by atoms with Crippen LogP contribution in [-0.2, 0) is 9.53 Å². The molecule has 2 aromatic rings. The zero-order chi connectivity index (χ0) is 23.6. The van der Waals surface area contributed by atoms with E-state index < -0.39 is 36.0 Å². The number of benzene rings is 1. The number of hydrogen-bond acceptors (Lipinski definition) is 5. The number of ether oxygens (including phenoxy) is 2. The van der Waals surface area contributed by atoms with Gasteiger partial charge in [0, 0.05) is 35.9 Å². The number of hydrogen-bond donors (Lipinski definition) is 1. The Hall–Kier alpha value is -2.94. The van der Waals surface area contributed by atoms with Gasteiger partial charge in [-0.2, -0.15) is 8.78 Å². The van der Waals surface area contributed by atoms with Crippen molar-refractivity contribution in [2.75, 3.05) is 5.32 Å². The molecule has 9 heteroatoms. The minimum Gasteiger partial charge on any atom is -0.434 e. The molecule has 1 N–H and O–H groups in total. The first-order chi connectivity index (χ1) is 15.0. The maximum absolute atomic E-state index is 13.7. The second kappa shape index (κ2) is 9.28. The quantitative estimate of drug-likeness (QED) is 0.604. The lowest BCUT2D eigenvalue weighted by Gasteiger charge is -2.26. The van der Waals surface area contributed by atoms with Crippen molar-refractivity contribution < 1.29 is 32.2 Å². The first-order valence-electron chi connectivity index (χ1n) is 10.3. The van der Waals surface area contributed by atoms with Gasteiger partial charge in [-0.05, 0) is 38.0 Å². The second-order valence-corrected chi connectivity index (χ2v) is 8.21. The smallest absolute Gasteiger partial charge is 0.387 e. The standard InChI is InChI=1S/C23H25F3N2O4/c1-5-17(29)16-11-14(8-9-27-16)28-21(30)20-19(12(2)23(3,4)32-20)15-7-6-13(24)10-18(15)31-22(25)26/h6-12,19-20,22H,5H2,1-4H3,(H,27,28,30)/t12-,19-,20+/m0/s1. The van der Waals surface area contributed by atoms with Crippen LogP contribution in [0.1, 0.15) is 56.1 Å². The molecular weight excluding hydrogens is 425 g/mol. The lowest BCUT2D eigenvalue weighted by atomic mass is 9.78. The maximum Gasteiger partial charge on any atom is 0.387 e. The molecule has 1 aliphatic rings. The summed E-state index contributed by atoms with van der Waals surface area (Å²) in [6.45, 7) is 3.97. The summed E-state index contributed by atoms with van der Waals surface area (Å²) in [5, 5.41) is 2.71. The van der Waals surface area contributed by atoms with Crippen molar-refractivity contribution in [1.29, 1.82) is 0 Å². The van der Waals surface area contributed by atoms with Gasteiger partial charge in [-0.25, -0.2) is 4.39 Å². The van der Waals surface area contributed by atoms with E-state index in [1.54, 1.807) is 20.8 Å². The van der Waals surface area contributed by atoms with E-state index in [0.29, 0.717) is 5.69 Å². The number of carbonyl (C=O) groups is 2. The summed E-state index contributed by atoms with van der Waals surface area (Å²) in [5.41, 5.74) is 0.0466. The highest BCUT2D eigenvalue weighted by molar-refractivity contribution is 5.98. The summed E-state index contributed by atoms with van der Waals surface area (Å²) in [5.74, 6) is -2.75. The van der Waals surface area contributed by atoms with E-state index in [9.17, 15) is 22.8 Å². The molecule has 1 fully saturated rings. The number of rotatable bonds is 7.